The molecule has 1 heterocycles. The average molecular weight is 354 g/mol. The fourth-order valence-corrected chi connectivity index (χ4v) is 2.87. The Labute approximate surface area is 149 Å². The third-order valence-corrected chi connectivity index (χ3v) is 4.16. The normalized spacial score (nSPS) is 14.9. The molecule has 1 saturated heterocycles. The molecule has 1 aromatic carbocycles. The van der Waals surface area contributed by atoms with Gasteiger partial charge in [0.05, 0.1) is 33.5 Å². The Hall–Kier alpha value is -1.57. The molecule has 0 unspecified atom stereocenters. The summed E-state index contributed by atoms with van der Waals surface area (Å²) in [6.07, 6.45) is 1.09. The van der Waals surface area contributed by atoms with E-state index in [2.05, 4.69) is 10.6 Å². The van der Waals surface area contributed by atoms with E-state index in [-0.39, 0.29) is 0 Å². The molecule has 7 heteroatoms. The van der Waals surface area contributed by atoms with Crippen molar-refractivity contribution in [1.82, 2.24) is 5.32 Å². The number of benzene rings is 1. The lowest BCUT2D eigenvalue weighted by molar-refractivity contribution is -0.908. The van der Waals surface area contributed by atoms with E-state index in [1.165, 1.54) is 0 Å². The average Bonchev–Trinajstić information content (AvgIpc) is 2.61. The van der Waals surface area contributed by atoms with Gasteiger partial charge in [-0.1, -0.05) is 0 Å². The third-order valence-electron chi connectivity index (χ3n) is 3.91. The van der Waals surface area contributed by atoms with Crippen LogP contribution in [-0.4, -0.2) is 58.2 Å². The fraction of sp³-hybridized carbons (Fsp3) is 0.588. The first-order valence-electron chi connectivity index (χ1n) is 8.50. The molecule has 0 bridgehead atoms. The van der Waals surface area contributed by atoms with Crippen LogP contribution in [0.2, 0.25) is 0 Å². The van der Waals surface area contributed by atoms with Gasteiger partial charge in [0.15, 0.2) is 16.6 Å². The Morgan fingerprint density at radius 1 is 1.29 bits per heavy atom. The summed E-state index contributed by atoms with van der Waals surface area (Å²) in [5.41, 5.74) is 0.881. The Kier molecular flexibility index (Phi) is 8.07. The van der Waals surface area contributed by atoms with E-state index in [0.717, 1.165) is 57.3 Å². The van der Waals surface area contributed by atoms with Gasteiger partial charge >= 0.3 is 0 Å². The van der Waals surface area contributed by atoms with Crippen molar-refractivity contribution in [1.29, 1.82) is 0 Å². The zero-order chi connectivity index (χ0) is 17.2. The summed E-state index contributed by atoms with van der Waals surface area (Å²) in [5, 5.41) is 7.06. The largest absolute Gasteiger partial charge is 0.493 e. The lowest BCUT2D eigenvalue weighted by Gasteiger charge is -2.23. The summed E-state index contributed by atoms with van der Waals surface area (Å²) in [6.45, 7) is 8.53. The molecule has 0 atom stereocenters. The van der Waals surface area contributed by atoms with Gasteiger partial charge in [0.1, 0.15) is 13.1 Å². The number of methoxy groups -OCH3 is 1. The molecule has 0 spiro atoms. The van der Waals surface area contributed by atoms with Crippen molar-refractivity contribution in [2.24, 2.45) is 0 Å². The predicted molar refractivity (Wildman–Crippen MR) is 99.4 cm³/mol. The number of hydrogen-bond donors (Lipinski definition) is 3. The first kappa shape index (κ1) is 18.8. The topological polar surface area (TPSA) is 56.2 Å². The van der Waals surface area contributed by atoms with Gasteiger partial charge in [0.25, 0.3) is 0 Å². The van der Waals surface area contributed by atoms with Crippen LogP contribution in [0.5, 0.6) is 11.5 Å². The van der Waals surface area contributed by atoms with Crippen molar-refractivity contribution in [3.05, 3.63) is 18.2 Å². The number of ether oxygens (including phenoxy) is 3. The molecule has 3 N–H and O–H groups in total. The van der Waals surface area contributed by atoms with E-state index in [0.29, 0.717) is 17.5 Å². The maximum absolute atomic E-state index is 5.51. The summed E-state index contributed by atoms with van der Waals surface area (Å²) in [5.74, 6) is 1.43. The molecule has 0 aromatic heterocycles. The van der Waals surface area contributed by atoms with E-state index < -0.39 is 0 Å². The molecule has 0 aliphatic carbocycles. The van der Waals surface area contributed by atoms with E-state index in [4.69, 9.17) is 26.4 Å². The minimum absolute atomic E-state index is 0.605. The fourth-order valence-electron chi connectivity index (χ4n) is 2.65. The molecule has 134 valence electrons. The van der Waals surface area contributed by atoms with Crippen molar-refractivity contribution in [2.75, 3.05) is 58.4 Å². The van der Waals surface area contributed by atoms with Crippen LogP contribution in [0.15, 0.2) is 18.2 Å². The number of nitrogens with one attached hydrogen (secondary N) is 3. The van der Waals surface area contributed by atoms with Gasteiger partial charge < -0.3 is 29.7 Å². The Balaban J connectivity index is 1.71. The van der Waals surface area contributed by atoms with Crippen molar-refractivity contribution >= 4 is 23.0 Å². The monoisotopic (exact) mass is 354 g/mol. The zero-order valence-corrected chi connectivity index (χ0v) is 15.3. The second kappa shape index (κ2) is 10.3. The highest BCUT2D eigenvalue weighted by Crippen LogP contribution is 2.30. The van der Waals surface area contributed by atoms with E-state index in [1.807, 2.05) is 25.1 Å². The maximum Gasteiger partial charge on any atom is 0.170 e. The predicted octanol–water partition coefficient (Wildman–Crippen LogP) is 0.686. The lowest BCUT2D eigenvalue weighted by atomic mass is 10.2. The van der Waals surface area contributed by atoms with Gasteiger partial charge in [-0.05, 0) is 31.3 Å². The number of rotatable bonds is 8. The summed E-state index contributed by atoms with van der Waals surface area (Å²) in [4.78, 5) is 1.61. The van der Waals surface area contributed by atoms with Gasteiger partial charge in [-0.3, -0.25) is 0 Å². The van der Waals surface area contributed by atoms with Crippen molar-refractivity contribution in [3.63, 3.8) is 0 Å². The highest BCUT2D eigenvalue weighted by molar-refractivity contribution is 7.80. The molecular formula is C17H28N3O3S+. The molecule has 6 nitrogen and oxygen atoms in total. The standard InChI is InChI=1S/C17H27N3O3S/c1-3-23-15-6-5-14(13-16(15)21-2)19-17(24)18-7-4-8-20-9-11-22-12-10-20/h5-6,13H,3-4,7-12H2,1-2H3,(H2,18,19,24)/p+1. The van der Waals surface area contributed by atoms with Crippen LogP contribution in [0.25, 0.3) is 0 Å². The Morgan fingerprint density at radius 2 is 2.08 bits per heavy atom. The molecule has 0 amide bonds. The maximum atomic E-state index is 5.51. The van der Waals surface area contributed by atoms with Crippen LogP contribution in [0, 0.1) is 0 Å². The highest BCUT2D eigenvalue weighted by atomic mass is 32.1. The van der Waals surface area contributed by atoms with Gasteiger partial charge in [0, 0.05) is 24.7 Å². The van der Waals surface area contributed by atoms with Gasteiger partial charge in [-0.15, -0.1) is 0 Å². The summed E-state index contributed by atoms with van der Waals surface area (Å²) >= 11 is 5.35. The number of anilines is 1. The Morgan fingerprint density at radius 3 is 2.79 bits per heavy atom. The Bertz CT molecular complexity index is 522. The van der Waals surface area contributed by atoms with Crippen LogP contribution >= 0.6 is 12.2 Å². The quantitative estimate of drug-likeness (QED) is 0.472. The molecule has 24 heavy (non-hydrogen) atoms. The summed E-state index contributed by atoms with van der Waals surface area (Å²) < 4.78 is 16.2. The second-order valence-electron chi connectivity index (χ2n) is 5.65. The number of quaternary nitrogens is 1. The molecule has 0 saturated carbocycles. The van der Waals surface area contributed by atoms with E-state index in [9.17, 15) is 0 Å². The zero-order valence-electron chi connectivity index (χ0n) is 14.5. The minimum Gasteiger partial charge on any atom is -0.493 e. The number of thiocarbonyl (C=S) groups is 1. The van der Waals surface area contributed by atoms with Crippen molar-refractivity contribution in [3.8, 4) is 11.5 Å². The number of hydrogen-bond acceptors (Lipinski definition) is 4. The molecule has 2 rings (SSSR count). The van der Waals surface area contributed by atoms with Crippen LogP contribution < -0.4 is 25.0 Å². The number of morpholine rings is 1. The molecule has 1 aliphatic rings. The summed E-state index contributed by atoms with van der Waals surface area (Å²) in [6, 6.07) is 5.70. The second-order valence-corrected chi connectivity index (χ2v) is 6.05. The van der Waals surface area contributed by atoms with Crippen LogP contribution in [-0.2, 0) is 4.74 Å². The van der Waals surface area contributed by atoms with Crippen LogP contribution in [0.4, 0.5) is 5.69 Å². The van der Waals surface area contributed by atoms with Crippen LogP contribution in [0.3, 0.4) is 0 Å². The molecular weight excluding hydrogens is 326 g/mol. The van der Waals surface area contributed by atoms with Crippen molar-refractivity contribution in [2.45, 2.75) is 13.3 Å². The minimum atomic E-state index is 0.605. The van der Waals surface area contributed by atoms with Gasteiger partial charge in [-0.2, -0.15) is 0 Å². The smallest absolute Gasteiger partial charge is 0.170 e. The van der Waals surface area contributed by atoms with Gasteiger partial charge in [-0.25, -0.2) is 0 Å². The molecule has 1 aromatic rings. The lowest BCUT2D eigenvalue weighted by Crippen LogP contribution is -3.14. The molecule has 1 aliphatic heterocycles. The van der Waals surface area contributed by atoms with E-state index >= 15 is 0 Å². The highest BCUT2D eigenvalue weighted by Gasteiger charge is 2.12. The first-order chi connectivity index (χ1) is 11.7. The molecule has 1 fully saturated rings. The summed E-state index contributed by atoms with van der Waals surface area (Å²) in [7, 11) is 1.63. The third kappa shape index (κ3) is 6.14. The first-order valence-corrected chi connectivity index (χ1v) is 8.90. The molecule has 0 radical (unpaired) electrons. The van der Waals surface area contributed by atoms with E-state index in [1.54, 1.807) is 12.0 Å². The van der Waals surface area contributed by atoms with Crippen LogP contribution in [0.1, 0.15) is 13.3 Å². The SMILES string of the molecule is CCOc1ccc(NC(=S)NCCC[NH+]2CCOCC2)cc1OC. The van der Waals surface area contributed by atoms with Crippen molar-refractivity contribution < 1.29 is 19.1 Å². The van der Waals surface area contributed by atoms with Gasteiger partial charge in [0.2, 0.25) is 0 Å².